The molecule has 1 heterocycles. The first-order valence-electron chi connectivity index (χ1n) is 7.18. The number of carbonyl (C=O) groups is 3. The highest BCUT2D eigenvalue weighted by Crippen LogP contribution is 2.23. The van der Waals surface area contributed by atoms with Crippen LogP contribution in [0.3, 0.4) is 0 Å². The number of ether oxygens (including phenoxy) is 1. The van der Waals surface area contributed by atoms with Crippen molar-refractivity contribution in [3.8, 4) is 0 Å². The molecule has 1 aromatic rings. The standard InChI is InChI=1S/C16H15N3O5S/c1-24-14(22)8-12-15(23)18-16(25-12)19-17-9-11-4-2-10(3-5-11)6-7-13(20)21/h2-5,8-9H,6-7H2,1H3,(H,20,21)(H,18,19,23)/b12-8+,17-9?. The molecule has 25 heavy (non-hydrogen) atoms. The third kappa shape index (κ3) is 5.88. The van der Waals surface area contributed by atoms with Crippen LogP contribution in [-0.4, -0.2) is 41.4 Å². The van der Waals surface area contributed by atoms with Crippen LogP contribution in [0.5, 0.6) is 0 Å². The number of methoxy groups -OCH3 is 1. The Morgan fingerprint density at radius 1 is 1.32 bits per heavy atom. The van der Waals surface area contributed by atoms with Crippen LogP contribution in [0.1, 0.15) is 17.5 Å². The fourth-order valence-corrected chi connectivity index (χ4v) is 2.55. The van der Waals surface area contributed by atoms with E-state index < -0.39 is 17.8 Å². The number of amides is 1. The maximum absolute atomic E-state index is 11.6. The number of hydrogen-bond donors (Lipinski definition) is 2. The van der Waals surface area contributed by atoms with Crippen LogP contribution in [-0.2, 0) is 25.5 Å². The second kappa shape index (κ2) is 8.78. The molecule has 2 rings (SSSR count). The summed E-state index contributed by atoms with van der Waals surface area (Å²) in [4.78, 5) is 33.5. The molecule has 0 unspecified atom stereocenters. The van der Waals surface area contributed by atoms with Gasteiger partial charge in [0, 0.05) is 12.5 Å². The molecule has 0 bridgehead atoms. The molecule has 130 valence electrons. The molecule has 1 fully saturated rings. The zero-order valence-electron chi connectivity index (χ0n) is 13.3. The average Bonchev–Trinajstić information content (AvgIpc) is 2.93. The Bertz CT molecular complexity index is 768. The summed E-state index contributed by atoms with van der Waals surface area (Å²) in [5.41, 5.74) is 1.70. The molecule has 1 aliphatic rings. The van der Waals surface area contributed by atoms with Gasteiger partial charge in [-0.25, -0.2) is 4.79 Å². The molecule has 9 heteroatoms. The third-order valence-electron chi connectivity index (χ3n) is 3.06. The number of nitrogens with zero attached hydrogens (tertiary/aromatic N) is 2. The lowest BCUT2D eigenvalue weighted by atomic mass is 10.1. The normalized spacial score (nSPS) is 17.2. The van der Waals surface area contributed by atoms with E-state index in [4.69, 9.17) is 5.11 Å². The van der Waals surface area contributed by atoms with Gasteiger partial charge in [-0.15, -0.1) is 5.10 Å². The summed E-state index contributed by atoms with van der Waals surface area (Å²) in [6, 6.07) is 7.23. The number of carboxylic acids is 1. The van der Waals surface area contributed by atoms with E-state index in [-0.39, 0.29) is 16.5 Å². The lowest BCUT2D eigenvalue weighted by Crippen LogP contribution is -2.19. The van der Waals surface area contributed by atoms with Crippen molar-refractivity contribution in [1.29, 1.82) is 0 Å². The SMILES string of the molecule is COC(=O)/C=C1/S/C(=N\N=Cc2ccc(CCC(=O)O)cc2)NC1=O. The molecule has 0 aliphatic carbocycles. The van der Waals surface area contributed by atoms with Gasteiger partial charge in [0.05, 0.1) is 18.2 Å². The lowest BCUT2D eigenvalue weighted by molar-refractivity contribution is -0.137. The molecular formula is C16H15N3O5S. The summed E-state index contributed by atoms with van der Waals surface area (Å²) in [6.07, 6.45) is 3.14. The van der Waals surface area contributed by atoms with Crippen molar-refractivity contribution in [3.05, 3.63) is 46.4 Å². The highest BCUT2D eigenvalue weighted by atomic mass is 32.2. The van der Waals surface area contributed by atoms with E-state index in [1.54, 1.807) is 12.1 Å². The highest BCUT2D eigenvalue weighted by Gasteiger charge is 2.24. The number of aliphatic carboxylic acids is 1. The number of carbonyl (C=O) groups excluding carboxylic acids is 2. The van der Waals surface area contributed by atoms with Gasteiger partial charge in [-0.2, -0.15) is 5.10 Å². The van der Waals surface area contributed by atoms with Crippen molar-refractivity contribution in [2.24, 2.45) is 10.2 Å². The largest absolute Gasteiger partial charge is 0.481 e. The number of aryl methyl sites for hydroxylation is 1. The zero-order valence-corrected chi connectivity index (χ0v) is 14.1. The lowest BCUT2D eigenvalue weighted by Gasteiger charge is -1.98. The minimum absolute atomic E-state index is 0.0828. The Balaban J connectivity index is 1.95. The van der Waals surface area contributed by atoms with Crippen molar-refractivity contribution in [3.63, 3.8) is 0 Å². The quantitative estimate of drug-likeness (QED) is 0.341. The topological polar surface area (TPSA) is 117 Å². The maximum atomic E-state index is 11.6. The number of amidine groups is 1. The maximum Gasteiger partial charge on any atom is 0.331 e. The minimum atomic E-state index is -0.835. The van der Waals surface area contributed by atoms with E-state index >= 15 is 0 Å². The summed E-state index contributed by atoms with van der Waals surface area (Å²) in [6.45, 7) is 0. The molecule has 0 radical (unpaired) electrons. The number of benzene rings is 1. The fourth-order valence-electron chi connectivity index (χ4n) is 1.81. The van der Waals surface area contributed by atoms with E-state index in [2.05, 4.69) is 20.3 Å². The predicted molar refractivity (Wildman–Crippen MR) is 93.3 cm³/mol. The number of thioether (sulfide) groups is 1. The molecule has 0 saturated carbocycles. The van der Waals surface area contributed by atoms with Gasteiger partial charge in [-0.1, -0.05) is 24.3 Å². The first-order valence-corrected chi connectivity index (χ1v) is 8.00. The van der Waals surface area contributed by atoms with E-state index in [1.165, 1.54) is 13.3 Å². The Morgan fingerprint density at radius 2 is 2.04 bits per heavy atom. The van der Waals surface area contributed by atoms with Crippen molar-refractivity contribution in [2.45, 2.75) is 12.8 Å². The summed E-state index contributed by atoms with van der Waals surface area (Å²) < 4.78 is 4.46. The molecule has 2 N–H and O–H groups in total. The Morgan fingerprint density at radius 3 is 2.68 bits per heavy atom. The van der Waals surface area contributed by atoms with Crippen LogP contribution < -0.4 is 5.32 Å². The molecule has 1 amide bonds. The van der Waals surface area contributed by atoms with Crippen molar-refractivity contribution < 1.29 is 24.2 Å². The average molecular weight is 361 g/mol. The zero-order chi connectivity index (χ0) is 18.2. The summed E-state index contributed by atoms with van der Waals surface area (Å²) >= 11 is 0.990. The van der Waals surface area contributed by atoms with E-state index in [1.807, 2.05) is 12.1 Å². The van der Waals surface area contributed by atoms with Crippen LogP contribution in [0.15, 0.2) is 45.4 Å². The van der Waals surface area contributed by atoms with Gasteiger partial charge in [-0.05, 0) is 29.3 Å². The van der Waals surface area contributed by atoms with Crippen molar-refractivity contribution in [1.82, 2.24) is 5.32 Å². The monoisotopic (exact) mass is 361 g/mol. The molecule has 8 nitrogen and oxygen atoms in total. The van der Waals surface area contributed by atoms with Gasteiger partial charge >= 0.3 is 11.9 Å². The number of hydrogen-bond acceptors (Lipinski definition) is 7. The van der Waals surface area contributed by atoms with Crippen LogP contribution in [0, 0.1) is 0 Å². The van der Waals surface area contributed by atoms with Gasteiger partial charge in [0.2, 0.25) is 0 Å². The second-order valence-corrected chi connectivity index (χ2v) is 5.90. The summed E-state index contributed by atoms with van der Waals surface area (Å²) in [5, 5.41) is 19.2. The molecule has 1 aliphatic heterocycles. The molecule has 0 spiro atoms. The first-order chi connectivity index (χ1) is 12.0. The predicted octanol–water partition coefficient (Wildman–Crippen LogP) is 1.31. The Hall–Kier alpha value is -2.94. The van der Waals surface area contributed by atoms with Gasteiger partial charge < -0.3 is 9.84 Å². The van der Waals surface area contributed by atoms with Crippen LogP contribution in [0.25, 0.3) is 0 Å². The van der Waals surface area contributed by atoms with Crippen LogP contribution >= 0.6 is 11.8 Å². The smallest absolute Gasteiger partial charge is 0.331 e. The summed E-state index contributed by atoms with van der Waals surface area (Å²) in [7, 11) is 1.23. The molecule has 0 atom stereocenters. The summed E-state index contributed by atoms with van der Waals surface area (Å²) in [5.74, 6) is -1.89. The van der Waals surface area contributed by atoms with Gasteiger partial charge in [0.25, 0.3) is 5.91 Å². The number of nitrogens with one attached hydrogen (secondary N) is 1. The molecule has 1 aromatic carbocycles. The molecule has 0 aromatic heterocycles. The van der Waals surface area contributed by atoms with Gasteiger partial charge in [0.1, 0.15) is 0 Å². The Kier molecular flexibility index (Phi) is 6.47. The van der Waals surface area contributed by atoms with Crippen LogP contribution in [0.4, 0.5) is 0 Å². The van der Waals surface area contributed by atoms with Gasteiger partial charge in [0.15, 0.2) is 5.17 Å². The Labute approximate surface area is 147 Å². The molecule has 1 saturated heterocycles. The second-order valence-electron chi connectivity index (χ2n) is 4.87. The number of rotatable bonds is 6. The van der Waals surface area contributed by atoms with Crippen molar-refractivity contribution in [2.75, 3.05) is 7.11 Å². The fraction of sp³-hybridized carbons (Fsp3) is 0.188. The van der Waals surface area contributed by atoms with Gasteiger partial charge in [-0.3, -0.25) is 14.9 Å². The van der Waals surface area contributed by atoms with Crippen molar-refractivity contribution >= 4 is 41.0 Å². The first kappa shape index (κ1) is 18.4. The van der Waals surface area contributed by atoms with E-state index in [0.29, 0.717) is 6.42 Å². The van der Waals surface area contributed by atoms with E-state index in [0.717, 1.165) is 29.0 Å². The number of carboxylic acid groups (broad SMARTS) is 1. The molecular weight excluding hydrogens is 346 g/mol. The highest BCUT2D eigenvalue weighted by molar-refractivity contribution is 8.18. The third-order valence-corrected chi connectivity index (χ3v) is 3.96. The van der Waals surface area contributed by atoms with E-state index in [9.17, 15) is 14.4 Å². The number of esters is 1. The van der Waals surface area contributed by atoms with Crippen LogP contribution in [0.2, 0.25) is 0 Å². The minimum Gasteiger partial charge on any atom is -0.481 e.